The van der Waals surface area contributed by atoms with E-state index in [2.05, 4.69) is 12.2 Å². The highest BCUT2D eigenvalue weighted by Gasteiger charge is 2.09. The van der Waals surface area contributed by atoms with Crippen LogP contribution in [0, 0.1) is 5.92 Å². The Bertz CT molecular complexity index is 417. The van der Waals surface area contributed by atoms with E-state index >= 15 is 0 Å². The Morgan fingerprint density at radius 3 is 2.67 bits per heavy atom. The first-order valence-corrected chi connectivity index (χ1v) is 6.74. The lowest BCUT2D eigenvalue weighted by Crippen LogP contribution is -2.04. The molecule has 1 unspecified atom stereocenters. The highest BCUT2D eigenvalue weighted by molar-refractivity contribution is 5.87. The number of hydrogen-bond acceptors (Lipinski definition) is 1. The van der Waals surface area contributed by atoms with Crippen molar-refractivity contribution in [1.82, 2.24) is 0 Å². The Kier molecular flexibility index (Phi) is 4.57. The molecular formula is C16H20O2. The second kappa shape index (κ2) is 6.39. The summed E-state index contributed by atoms with van der Waals surface area (Å²) in [6.45, 7) is 0. The Morgan fingerprint density at radius 1 is 1.17 bits per heavy atom. The van der Waals surface area contributed by atoms with Crippen molar-refractivity contribution in [2.24, 2.45) is 5.92 Å². The summed E-state index contributed by atoms with van der Waals surface area (Å²) in [5.41, 5.74) is 1.60. The molecule has 2 rings (SSSR count). The van der Waals surface area contributed by atoms with E-state index in [0.29, 0.717) is 11.5 Å². The van der Waals surface area contributed by atoms with Crippen molar-refractivity contribution >= 4 is 5.97 Å². The molecule has 0 saturated carbocycles. The van der Waals surface area contributed by atoms with Gasteiger partial charge in [-0.2, -0.15) is 0 Å². The molecule has 1 N–H and O–H groups in total. The molecule has 0 aromatic heterocycles. The zero-order valence-electron chi connectivity index (χ0n) is 10.6. The molecule has 0 aliphatic heterocycles. The smallest absolute Gasteiger partial charge is 0.335 e. The van der Waals surface area contributed by atoms with Crippen molar-refractivity contribution in [3.63, 3.8) is 0 Å². The van der Waals surface area contributed by atoms with Crippen LogP contribution < -0.4 is 0 Å². The Hall–Kier alpha value is -1.57. The third-order valence-electron chi connectivity index (χ3n) is 3.55. The minimum Gasteiger partial charge on any atom is -0.478 e. The summed E-state index contributed by atoms with van der Waals surface area (Å²) in [5, 5.41) is 8.85. The van der Waals surface area contributed by atoms with Gasteiger partial charge in [-0.3, -0.25) is 0 Å². The van der Waals surface area contributed by atoms with Crippen molar-refractivity contribution in [3.05, 3.63) is 47.5 Å². The first kappa shape index (κ1) is 12.9. The van der Waals surface area contributed by atoms with Crippen molar-refractivity contribution < 1.29 is 9.90 Å². The van der Waals surface area contributed by atoms with Gasteiger partial charge in [0, 0.05) is 0 Å². The largest absolute Gasteiger partial charge is 0.478 e. The second-order valence-corrected chi connectivity index (χ2v) is 5.03. The van der Waals surface area contributed by atoms with Gasteiger partial charge >= 0.3 is 5.97 Å². The third-order valence-corrected chi connectivity index (χ3v) is 3.55. The van der Waals surface area contributed by atoms with E-state index in [4.69, 9.17) is 5.11 Å². The standard InChI is InChI=1S/C16H20O2/c17-16(18)15-10-8-14(9-11-15)12-13-6-4-2-1-3-5-7-13/h4,6,8-11,13H,1-3,5,7,12H2,(H,17,18)/b6-4-. The van der Waals surface area contributed by atoms with E-state index in [9.17, 15) is 4.79 Å². The molecule has 1 atom stereocenters. The van der Waals surface area contributed by atoms with Crippen molar-refractivity contribution in [3.8, 4) is 0 Å². The number of rotatable bonds is 3. The number of carbonyl (C=O) groups is 1. The number of allylic oxidation sites excluding steroid dienone is 2. The predicted octanol–water partition coefficient (Wildman–Crippen LogP) is 4.06. The summed E-state index contributed by atoms with van der Waals surface area (Å²) in [5.74, 6) is -0.242. The number of aromatic carboxylic acids is 1. The maximum absolute atomic E-state index is 10.8. The molecule has 1 aliphatic rings. The maximum Gasteiger partial charge on any atom is 0.335 e. The maximum atomic E-state index is 10.8. The Morgan fingerprint density at radius 2 is 1.94 bits per heavy atom. The summed E-state index contributed by atoms with van der Waals surface area (Å²) in [4.78, 5) is 10.8. The summed E-state index contributed by atoms with van der Waals surface area (Å²) in [6.07, 6.45) is 12.1. The lowest BCUT2D eigenvalue weighted by atomic mass is 9.91. The lowest BCUT2D eigenvalue weighted by molar-refractivity contribution is 0.0697. The predicted molar refractivity (Wildman–Crippen MR) is 72.8 cm³/mol. The fourth-order valence-electron chi connectivity index (χ4n) is 2.49. The lowest BCUT2D eigenvalue weighted by Gasteiger charge is -2.15. The van der Waals surface area contributed by atoms with Gasteiger partial charge < -0.3 is 5.11 Å². The molecule has 0 amide bonds. The van der Waals surface area contributed by atoms with Crippen molar-refractivity contribution in [1.29, 1.82) is 0 Å². The van der Waals surface area contributed by atoms with Crippen LogP contribution in [0.15, 0.2) is 36.4 Å². The van der Waals surface area contributed by atoms with Gasteiger partial charge in [0.2, 0.25) is 0 Å². The van der Waals surface area contributed by atoms with Crippen LogP contribution in [0.5, 0.6) is 0 Å². The molecule has 0 heterocycles. The van der Waals surface area contributed by atoms with Crippen LogP contribution in [-0.4, -0.2) is 11.1 Å². The van der Waals surface area contributed by atoms with Crippen LogP contribution in [-0.2, 0) is 6.42 Å². The van der Waals surface area contributed by atoms with Gasteiger partial charge in [-0.15, -0.1) is 0 Å². The molecule has 0 fully saturated rings. The molecule has 2 heteroatoms. The number of hydrogen-bond donors (Lipinski definition) is 1. The second-order valence-electron chi connectivity index (χ2n) is 5.03. The molecule has 2 nitrogen and oxygen atoms in total. The van der Waals surface area contributed by atoms with Crippen LogP contribution in [0.3, 0.4) is 0 Å². The van der Waals surface area contributed by atoms with Crippen LogP contribution >= 0.6 is 0 Å². The monoisotopic (exact) mass is 244 g/mol. The Labute approximate surface area is 108 Å². The third kappa shape index (κ3) is 3.73. The topological polar surface area (TPSA) is 37.3 Å². The average molecular weight is 244 g/mol. The van der Waals surface area contributed by atoms with E-state index in [1.807, 2.05) is 12.1 Å². The van der Waals surface area contributed by atoms with E-state index < -0.39 is 5.97 Å². The van der Waals surface area contributed by atoms with Crippen LogP contribution in [0.1, 0.15) is 48.0 Å². The molecule has 0 radical (unpaired) electrons. The average Bonchev–Trinajstić information content (AvgIpc) is 2.33. The van der Waals surface area contributed by atoms with E-state index in [-0.39, 0.29) is 0 Å². The zero-order chi connectivity index (χ0) is 12.8. The quantitative estimate of drug-likeness (QED) is 0.814. The number of carboxylic acid groups (broad SMARTS) is 1. The Balaban J connectivity index is 1.99. The number of carboxylic acids is 1. The first-order valence-electron chi connectivity index (χ1n) is 6.74. The van der Waals surface area contributed by atoms with Gasteiger partial charge in [-0.05, 0) is 49.3 Å². The van der Waals surface area contributed by atoms with Gasteiger partial charge in [-0.1, -0.05) is 37.1 Å². The molecule has 18 heavy (non-hydrogen) atoms. The molecule has 96 valence electrons. The van der Waals surface area contributed by atoms with Crippen LogP contribution in [0.4, 0.5) is 0 Å². The molecule has 0 saturated heterocycles. The van der Waals surface area contributed by atoms with Gasteiger partial charge in [0.15, 0.2) is 0 Å². The molecule has 0 bridgehead atoms. The molecule has 0 spiro atoms. The van der Waals surface area contributed by atoms with Gasteiger partial charge in [0.25, 0.3) is 0 Å². The minimum absolute atomic E-state index is 0.368. The van der Waals surface area contributed by atoms with Crippen molar-refractivity contribution in [2.45, 2.75) is 38.5 Å². The van der Waals surface area contributed by atoms with Crippen molar-refractivity contribution in [2.75, 3.05) is 0 Å². The summed E-state index contributed by atoms with van der Waals surface area (Å²) >= 11 is 0. The van der Waals surface area contributed by atoms with E-state index in [0.717, 1.165) is 6.42 Å². The SMILES string of the molecule is O=C(O)c1ccc(CC2/C=C\CCCCC2)cc1. The van der Waals surface area contributed by atoms with Gasteiger partial charge in [0.05, 0.1) is 5.56 Å². The minimum atomic E-state index is -0.854. The van der Waals surface area contributed by atoms with Crippen LogP contribution in [0.25, 0.3) is 0 Å². The highest BCUT2D eigenvalue weighted by atomic mass is 16.4. The first-order chi connectivity index (χ1) is 8.75. The van der Waals surface area contributed by atoms with Gasteiger partial charge in [-0.25, -0.2) is 4.79 Å². The fourth-order valence-corrected chi connectivity index (χ4v) is 2.49. The normalized spacial score (nSPS) is 21.9. The highest BCUT2D eigenvalue weighted by Crippen LogP contribution is 2.21. The van der Waals surface area contributed by atoms with Gasteiger partial charge in [0.1, 0.15) is 0 Å². The summed E-state index contributed by atoms with van der Waals surface area (Å²) < 4.78 is 0. The summed E-state index contributed by atoms with van der Waals surface area (Å²) in [7, 11) is 0. The molecule has 1 aliphatic carbocycles. The van der Waals surface area contributed by atoms with Crippen LogP contribution in [0.2, 0.25) is 0 Å². The molecular weight excluding hydrogens is 224 g/mol. The summed E-state index contributed by atoms with van der Waals surface area (Å²) in [6, 6.07) is 7.28. The number of benzene rings is 1. The molecule has 1 aromatic carbocycles. The molecule has 1 aromatic rings. The van der Waals surface area contributed by atoms with E-state index in [1.54, 1.807) is 12.1 Å². The zero-order valence-corrected chi connectivity index (χ0v) is 10.6. The van der Waals surface area contributed by atoms with E-state index in [1.165, 1.54) is 37.7 Å². The fraction of sp³-hybridized carbons (Fsp3) is 0.438.